The van der Waals surface area contributed by atoms with E-state index in [9.17, 15) is 0 Å². The van der Waals surface area contributed by atoms with Crippen LogP contribution in [0.3, 0.4) is 0 Å². The summed E-state index contributed by atoms with van der Waals surface area (Å²) in [6, 6.07) is 3.75. The van der Waals surface area contributed by atoms with Crippen molar-refractivity contribution in [2.24, 2.45) is 5.90 Å². The van der Waals surface area contributed by atoms with E-state index in [4.69, 9.17) is 22.3 Å². The Hall–Kier alpha value is -0.640. The van der Waals surface area contributed by atoms with Gasteiger partial charge in [0.1, 0.15) is 10.8 Å². The van der Waals surface area contributed by atoms with Gasteiger partial charge in [0.25, 0.3) is 0 Å². The molecule has 1 rings (SSSR count). The van der Waals surface area contributed by atoms with Crippen LogP contribution in [0.15, 0.2) is 12.1 Å². The summed E-state index contributed by atoms with van der Waals surface area (Å²) in [7, 11) is 0. The molecule has 3 nitrogen and oxygen atoms in total. The van der Waals surface area contributed by atoms with Gasteiger partial charge in [-0.25, -0.2) is 10.9 Å². The van der Waals surface area contributed by atoms with Crippen molar-refractivity contribution in [2.75, 3.05) is 0 Å². The zero-order valence-corrected chi connectivity index (χ0v) is 8.72. The standard InChI is InChI=1S/C9H13ClN2O/c1-6-4-5-7(8(10)12-6)9(2,3)13-11/h4-5H,11H2,1-3H3. The van der Waals surface area contributed by atoms with Crippen LogP contribution in [0.1, 0.15) is 25.1 Å². The third-order valence-electron chi connectivity index (χ3n) is 1.93. The fourth-order valence-electron chi connectivity index (χ4n) is 1.04. The van der Waals surface area contributed by atoms with Gasteiger partial charge < -0.3 is 0 Å². The van der Waals surface area contributed by atoms with Crippen molar-refractivity contribution < 1.29 is 4.84 Å². The molecular formula is C9H13ClN2O. The van der Waals surface area contributed by atoms with E-state index in [0.29, 0.717) is 5.15 Å². The molecule has 0 saturated carbocycles. The molecular weight excluding hydrogens is 188 g/mol. The second-order valence-corrected chi connectivity index (χ2v) is 3.78. The van der Waals surface area contributed by atoms with Gasteiger partial charge >= 0.3 is 0 Å². The molecule has 0 fully saturated rings. The summed E-state index contributed by atoms with van der Waals surface area (Å²) in [6.07, 6.45) is 0. The second kappa shape index (κ2) is 3.62. The molecule has 1 heterocycles. The monoisotopic (exact) mass is 200 g/mol. The zero-order chi connectivity index (χ0) is 10.1. The van der Waals surface area contributed by atoms with E-state index >= 15 is 0 Å². The number of aryl methyl sites for hydroxylation is 1. The summed E-state index contributed by atoms with van der Waals surface area (Å²) in [5, 5.41) is 0.440. The molecule has 0 aliphatic carbocycles. The van der Waals surface area contributed by atoms with Gasteiger partial charge in [0.05, 0.1) is 0 Å². The number of nitrogens with two attached hydrogens (primary N) is 1. The molecule has 13 heavy (non-hydrogen) atoms. The maximum absolute atomic E-state index is 5.95. The molecule has 0 radical (unpaired) electrons. The SMILES string of the molecule is Cc1ccc(C(C)(C)ON)c(Cl)n1. The minimum Gasteiger partial charge on any atom is -0.294 e. The summed E-state index contributed by atoms with van der Waals surface area (Å²) >= 11 is 5.95. The third kappa shape index (κ3) is 2.18. The van der Waals surface area contributed by atoms with Crippen LogP contribution in [0, 0.1) is 6.92 Å². The normalized spacial score (nSPS) is 11.8. The number of pyridine rings is 1. The summed E-state index contributed by atoms with van der Waals surface area (Å²) in [4.78, 5) is 8.94. The fraction of sp³-hybridized carbons (Fsp3) is 0.444. The average molecular weight is 201 g/mol. The highest BCUT2D eigenvalue weighted by Gasteiger charge is 2.23. The van der Waals surface area contributed by atoms with Crippen molar-refractivity contribution in [3.05, 3.63) is 28.5 Å². The fourth-order valence-corrected chi connectivity index (χ4v) is 1.46. The molecule has 0 atom stereocenters. The van der Waals surface area contributed by atoms with Crippen molar-refractivity contribution in [1.82, 2.24) is 4.98 Å². The molecule has 0 saturated heterocycles. The number of hydrogen-bond acceptors (Lipinski definition) is 3. The van der Waals surface area contributed by atoms with E-state index in [2.05, 4.69) is 4.98 Å². The van der Waals surface area contributed by atoms with Gasteiger partial charge in [0.15, 0.2) is 0 Å². The van der Waals surface area contributed by atoms with Gasteiger partial charge in [-0.1, -0.05) is 17.7 Å². The average Bonchev–Trinajstić information content (AvgIpc) is 2.03. The first kappa shape index (κ1) is 10.4. The van der Waals surface area contributed by atoms with Gasteiger partial charge in [-0.2, -0.15) is 0 Å². The highest BCUT2D eigenvalue weighted by Crippen LogP contribution is 2.28. The number of hydrogen-bond donors (Lipinski definition) is 1. The lowest BCUT2D eigenvalue weighted by Gasteiger charge is -2.22. The lowest BCUT2D eigenvalue weighted by Crippen LogP contribution is -2.26. The molecule has 0 aliphatic heterocycles. The Kier molecular flexibility index (Phi) is 2.91. The third-order valence-corrected chi connectivity index (χ3v) is 2.22. The molecule has 0 aromatic carbocycles. The Morgan fingerprint density at radius 1 is 1.46 bits per heavy atom. The lowest BCUT2D eigenvalue weighted by molar-refractivity contribution is -0.0237. The van der Waals surface area contributed by atoms with Crippen LogP contribution in [0.2, 0.25) is 5.15 Å². The van der Waals surface area contributed by atoms with E-state index in [1.54, 1.807) is 0 Å². The topological polar surface area (TPSA) is 48.1 Å². The minimum atomic E-state index is -0.599. The first-order valence-electron chi connectivity index (χ1n) is 3.99. The van der Waals surface area contributed by atoms with E-state index in [1.807, 2.05) is 32.9 Å². The first-order chi connectivity index (χ1) is 5.97. The Bertz CT molecular complexity index is 312. The number of rotatable bonds is 2. The van der Waals surface area contributed by atoms with Gasteiger partial charge in [0, 0.05) is 11.3 Å². The van der Waals surface area contributed by atoms with Crippen LogP contribution in [-0.4, -0.2) is 4.98 Å². The predicted octanol–water partition coefficient (Wildman–Crippen LogP) is 2.17. The van der Waals surface area contributed by atoms with Crippen LogP contribution in [0.4, 0.5) is 0 Å². The van der Waals surface area contributed by atoms with Crippen LogP contribution in [-0.2, 0) is 10.4 Å². The van der Waals surface area contributed by atoms with Crippen LogP contribution >= 0.6 is 11.6 Å². The van der Waals surface area contributed by atoms with Crippen molar-refractivity contribution in [3.63, 3.8) is 0 Å². The van der Waals surface area contributed by atoms with Gasteiger partial charge in [-0.3, -0.25) is 4.84 Å². The van der Waals surface area contributed by atoms with Crippen LogP contribution in [0.25, 0.3) is 0 Å². The molecule has 1 aromatic heterocycles. The maximum atomic E-state index is 5.95. The highest BCUT2D eigenvalue weighted by molar-refractivity contribution is 6.30. The van der Waals surface area contributed by atoms with E-state index in [0.717, 1.165) is 11.3 Å². The largest absolute Gasteiger partial charge is 0.294 e. The maximum Gasteiger partial charge on any atom is 0.135 e. The number of halogens is 1. The second-order valence-electron chi connectivity index (χ2n) is 3.42. The summed E-state index contributed by atoms with van der Waals surface area (Å²) in [5.41, 5.74) is 1.07. The summed E-state index contributed by atoms with van der Waals surface area (Å²) in [5.74, 6) is 5.16. The zero-order valence-electron chi connectivity index (χ0n) is 7.97. The molecule has 72 valence electrons. The molecule has 0 spiro atoms. The Labute approximate surface area is 82.8 Å². The van der Waals surface area contributed by atoms with Crippen molar-refractivity contribution in [1.29, 1.82) is 0 Å². The summed E-state index contributed by atoms with van der Waals surface area (Å²) in [6.45, 7) is 5.56. The Balaban J connectivity index is 3.16. The quantitative estimate of drug-likeness (QED) is 0.588. The van der Waals surface area contributed by atoms with Crippen LogP contribution < -0.4 is 5.90 Å². The summed E-state index contributed by atoms with van der Waals surface area (Å²) < 4.78 is 0. The van der Waals surface area contributed by atoms with Gasteiger partial charge in [0.2, 0.25) is 0 Å². The van der Waals surface area contributed by atoms with E-state index in [-0.39, 0.29) is 0 Å². The minimum absolute atomic E-state index is 0.440. The molecule has 0 aliphatic rings. The van der Waals surface area contributed by atoms with E-state index < -0.39 is 5.60 Å². The molecule has 4 heteroatoms. The smallest absolute Gasteiger partial charge is 0.135 e. The first-order valence-corrected chi connectivity index (χ1v) is 4.36. The Morgan fingerprint density at radius 3 is 2.54 bits per heavy atom. The molecule has 0 unspecified atom stereocenters. The van der Waals surface area contributed by atoms with E-state index in [1.165, 1.54) is 0 Å². The Morgan fingerprint density at radius 2 is 2.08 bits per heavy atom. The van der Waals surface area contributed by atoms with Crippen molar-refractivity contribution in [2.45, 2.75) is 26.4 Å². The van der Waals surface area contributed by atoms with Crippen molar-refractivity contribution in [3.8, 4) is 0 Å². The number of nitrogens with zero attached hydrogens (tertiary/aromatic N) is 1. The van der Waals surface area contributed by atoms with Gasteiger partial charge in [-0.05, 0) is 26.8 Å². The lowest BCUT2D eigenvalue weighted by atomic mass is 10.0. The predicted molar refractivity (Wildman–Crippen MR) is 52.3 cm³/mol. The molecule has 0 bridgehead atoms. The molecule has 1 aromatic rings. The highest BCUT2D eigenvalue weighted by atomic mass is 35.5. The van der Waals surface area contributed by atoms with Gasteiger partial charge in [-0.15, -0.1) is 0 Å². The molecule has 0 amide bonds. The number of aromatic nitrogens is 1. The molecule has 2 N–H and O–H groups in total. The van der Waals surface area contributed by atoms with Crippen LogP contribution in [0.5, 0.6) is 0 Å². The van der Waals surface area contributed by atoms with Crippen molar-refractivity contribution >= 4 is 11.6 Å².